The summed E-state index contributed by atoms with van der Waals surface area (Å²) >= 11 is 7.07. The molecule has 0 aliphatic carbocycles. The first-order chi connectivity index (χ1) is 71.4. The van der Waals surface area contributed by atoms with Crippen molar-refractivity contribution in [1.82, 2.24) is 36.5 Å². The van der Waals surface area contributed by atoms with E-state index in [0.29, 0.717) is 0 Å². The number of aromatic nitrogens is 8. The van der Waals surface area contributed by atoms with Crippen molar-refractivity contribution in [1.29, 1.82) is 0 Å². The molecular formula is C128H80N8O4S4. The number of furan rings is 4. The highest BCUT2D eigenvalue weighted by molar-refractivity contribution is 7.18. The lowest BCUT2D eigenvalue weighted by molar-refractivity contribution is 0.566. The molecule has 0 unspecified atom stereocenters. The lowest BCUT2D eigenvalue weighted by Crippen LogP contribution is -2.01. The van der Waals surface area contributed by atoms with Crippen molar-refractivity contribution in [2.24, 2.45) is 0 Å². The van der Waals surface area contributed by atoms with E-state index in [1.165, 1.54) is 162 Å². The van der Waals surface area contributed by atoms with Gasteiger partial charge in [-0.2, -0.15) is 22.7 Å². The summed E-state index contributed by atoms with van der Waals surface area (Å²) in [4.78, 5) is 0. The molecule has 12 aromatic heterocycles. The molecule has 0 radical (unpaired) electrons. The normalized spacial score (nSPS) is 11.9. The summed E-state index contributed by atoms with van der Waals surface area (Å²) in [6, 6.07) is 149. The lowest BCUT2D eigenvalue weighted by Gasteiger charge is -2.17. The number of hydrogen-bond acceptors (Lipinski definition) is 8. The Morgan fingerprint density at radius 3 is 0.694 bits per heavy atom. The molecule has 12 heterocycles. The Morgan fingerprint density at radius 2 is 0.424 bits per heavy atom. The number of para-hydroxylation sites is 2. The van der Waals surface area contributed by atoms with Crippen LogP contribution in [0.1, 0.15) is 0 Å². The maximum atomic E-state index is 6.05. The van der Waals surface area contributed by atoms with Crippen LogP contribution in [0.4, 0.5) is 0 Å². The highest BCUT2D eigenvalue weighted by Gasteiger charge is 2.23. The van der Waals surface area contributed by atoms with E-state index in [0.717, 1.165) is 99.6 Å². The molecule has 32 aromatic rings. The fraction of sp³-hybridized carbons (Fsp3) is 0. The number of hydrogen-bond donors (Lipinski definition) is 0. The van der Waals surface area contributed by atoms with Crippen LogP contribution < -0.4 is 0 Å². The maximum Gasteiger partial charge on any atom is 0.136 e. The zero-order valence-corrected chi connectivity index (χ0v) is 80.3. The molecule has 32 rings (SSSR count). The van der Waals surface area contributed by atoms with Gasteiger partial charge >= 0.3 is 0 Å². The molecule has 0 N–H and O–H groups in total. The number of benzene rings is 20. The molecule has 680 valence electrons. The fourth-order valence-electron chi connectivity index (χ4n) is 22.1. The highest BCUT2D eigenvalue weighted by atomic mass is 32.1. The quantitative estimate of drug-likeness (QED) is 0.152. The smallest absolute Gasteiger partial charge is 0.136 e. The van der Waals surface area contributed by atoms with Crippen molar-refractivity contribution < 1.29 is 17.7 Å². The van der Waals surface area contributed by atoms with Gasteiger partial charge in [-0.1, -0.05) is 206 Å². The van der Waals surface area contributed by atoms with E-state index in [-0.39, 0.29) is 0 Å². The largest absolute Gasteiger partial charge is 0.470 e. The first kappa shape index (κ1) is 82.9. The molecular weight excluding hydrogens is 1840 g/mol. The molecule has 0 fully saturated rings. The predicted octanol–water partition coefficient (Wildman–Crippen LogP) is 37.0. The first-order valence-corrected chi connectivity index (χ1v) is 51.6. The molecule has 0 atom stereocenters. The van der Waals surface area contributed by atoms with E-state index in [2.05, 4.69) is 445 Å². The number of rotatable bonds is 8. The monoisotopic (exact) mass is 1920 g/mol. The van der Waals surface area contributed by atoms with Crippen molar-refractivity contribution in [2.75, 3.05) is 0 Å². The number of fused-ring (bicyclic) bond motifs is 12. The molecule has 16 heteroatoms. The van der Waals surface area contributed by atoms with Gasteiger partial charge in [-0.05, 0) is 248 Å². The van der Waals surface area contributed by atoms with Gasteiger partial charge in [-0.15, -0.1) is 22.7 Å². The number of nitrogens with zero attached hydrogens (tertiary/aromatic N) is 8. The molecule has 0 amide bonds. The van der Waals surface area contributed by atoms with E-state index < -0.39 is 0 Å². The van der Waals surface area contributed by atoms with Crippen LogP contribution in [0.5, 0.6) is 0 Å². The van der Waals surface area contributed by atoms with Crippen molar-refractivity contribution in [3.63, 3.8) is 0 Å². The third-order valence-electron chi connectivity index (χ3n) is 28.6. The Labute approximate surface area is 837 Å². The summed E-state index contributed by atoms with van der Waals surface area (Å²) in [6.07, 6.45) is 10.8. The van der Waals surface area contributed by atoms with Crippen molar-refractivity contribution in [3.05, 3.63) is 482 Å². The van der Waals surface area contributed by atoms with Gasteiger partial charge in [0.25, 0.3) is 0 Å². The summed E-state index contributed by atoms with van der Waals surface area (Å²) in [6.45, 7) is 0. The maximum absolute atomic E-state index is 6.05. The molecule has 12 nitrogen and oxygen atoms in total. The summed E-state index contributed by atoms with van der Waals surface area (Å²) in [5.41, 5.74) is 28.8. The summed E-state index contributed by atoms with van der Waals surface area (Å²) in [5.74, 6) is 0. The van der Waals surface area contributed by atoms with Crippen LogP contribution in [-0.2, 0) is 0 Å². The van der Waals surface area contributed by atoms with E-state index >= 15 is 0 Å². The van der Waals surface area contributed by atoms with Crippen molar-refractivity contribution in [3.8, 4) is 45.5 Å². The standard InChI is InChI=1S/C36H22N2O2.C36H22N2S2.C28H18N2O2.C28H18N2S2/c2*1-3-13-35-27(9-1)33(21-39-35)37-25-17-15-24-8-6-12-32(30(24)19-25)38(34-22-40-36-14-4-2-10-28(34)36)26-18-16-23-7-5-11-31(37)29(23)20-26;2*1-3-19-7-9-22-15-25(19)27(5-1)29(23-11-13-31-17-23)21-10-8-20-4-2-6-28(26(20)16-21)30(22)24-12-14-32-18-24/h2*1-22H;2*1-18H. The van der Waals surface area contributed by atoms with Gasteiger partial charge in [0.05, 0.1) is 102 Å². The molecule has 0 aliphatic heterocycles. The van der Waals surface area contributed by atoms with Gasteiger partial charge in [0.15, 0.2) is 0 Å². The van der Waals surface area contributed by atoms with Gasteiger partial charge in [0.1, 0.15) is 36.2 Å². The van der Waals surface area contributed by atoms with Crippen molar-refractivity contribution >= 4 is 262 Å². The Kier molecular flexibility index (Phi) is 19.5. The average Bonchev–Trinajstić information content (AvgIpc) is 1.51. The SMILES string of the molecule is c1cc2ccc3cc2c(c1)n(-c1ccoc1)c1ccc2cccc(c2c1)n3-c1ccoc1.c1cc2ccc3cc2c(c1)n(-c1ccsc1)c1ccc2cccc(c2c1)n3-c1ccsc1.c1ccc2c(-n3c4ccc5cccc(c5c4)n(-c4coc5ccccc45)c4ccc5cccc3c5c4)coc2c1.c1ccc2c(-n3c4ccc5cccc(c5c4)n(-c4csc5ccccc45)c4ccc5cccc3c5c4)csc2c1. The Balaban J connectivity index is 0.0000000918. The van der Waals surface area contributed by atoms with Crippen LogP contribution in [0.2, 0.25) is 0 Å². The van der Waals surface area contributed by atoms with E-state index in [4.69, 9.17) is 17.7 Å². The zero-order chi connectivity index (χ0) is 94.6. The van der Waals surface area contributed by atoms with Crippen molar-refractivity contribution in [2.45, 2.75) is 0 Å². The third kappa shape index (κ3) is 13.7. The molecule has 20 aromatic carbocycles. The van der Waals surface area contributed by atoms with Gasteiger partial charge in [-0.25, -0.2) is 0 Å². The lowest BCUT2D eigenvalue weighted by atomic mass is 10.0. The van der Waals surface area contributed by atoms with Gasteiger partial charge in [0, 0.05) is 152 Å². The summed E-state index contributed by atoms with van der Waals surface area (Å²) in [7, 11) is 0. The highest BCUT2D eigenvalue weighted by Crippen LogP contribution is 2.44. The second-order valence-electron chi connectivity index (χ2n) is 36.5. The van der Waals surface area contributed by atoms with Gasteiger partial charge in [-0.3, -0.25) is 0 Å². The van der Waals surface area contributed by atoms with Crippen LogP contribution in [-0.4, -0.2) is 36.5 Å². The van der Waals surface area contributed by atoms with Gasteiger partial charge in [0.2, 0.25) is 0 Å². The minimum absolute atomic E-state index is 0.870. The zero-order valence-electron chi connectivity index (χ0n) is 77.0. The Bertz CT molecular complexity index is 9650. The summed E-state index contributed by atoms with van der Waals surface area (Å²) in [5, 5.41) is 37.3. The van der Waals surface area contributed by atoms with Crippen LogP contribution in [0, 0.1) is 0 Å². The first-order valence-electron chi connectivity index (χ1n) is 48.0. The second-order valence-corrected chi connectivity index (χ2v) is 39.9. The molecule has 0 saturated heterocycles. The average molecular weight is 1920 g/mol. The van der Waals surface area contributed by atoms with E-state index in [9.17, 15) is 0 Å². The van der Waals surface area contributed by atoms with Crippen LogP contribution in [0.15, 0.2) is 500 Å². The van der Waals surface area contributed by atoms with E-state index in [1.807, 2.05) is 48.9 Å². The topological polar surface area (TPSA) is 92.0 Å². The Morgan fingerprint density at radius 1 is 0.174 bits per heavy atom. The third-order valence-corrected chi connectivity index (χ3v) is 31.8. The van der Waals surface area contributed by atoms with Gasteiger partial charge < -0.3 is 54.2 Å². The molecule has 16 bridgehead atoms. The summed E-state index contributed by atoms with van der Waals surface area (Å²) < 4.78 is 44.5. The van der Waals surface area contributed by atoms with E-state index in [1.54, 1.807) is 70.4 Å². The van der Waals surface area contributed by atoms with Crippen LogP contribution >= 0.6 is 45.3 Å². The van der Waals surface area contributed by atoms with Crippen LogP contribution in [0.25, 0.3) is 262 Å². The molecule has 0 spiro atoms. The molecule has 0 saturated carbocycles. The Hall–Kier alpha value is -18.2. The number of thiophene rings is 4. The fourth-order valence-corrected chi connectivity index (χ4v) is 25.1. The minimum atomic E-state index is 0.870. The second kappa shape index (κ2) is 33.8. The van der Waals surface area contributed by atoms with Crippen LogP contribution in [0.3, 0.4) is 0 Å². The predicted molar refractivity (Wildman–Crippen MR) is 606 cm³/mol. The molecule has 0 aliphatic rings. The molecule has 144 heavy (non-hydrogen) atoms. The minimum Gasteiger partial charge on any atom is -0.470 e.